The Bertz CT molecular complexity index is 655. The molecule has 0 saturated carbocycles. The topological polar surface area (TPSA) is 47.6 Å². The van der Waals surface area contributed by atoms with Crippen LogP contribution in [0.25, 0.3) is 0 Å². The van der Waals surface area contributed by atoms with Crippen molar-refractivity contribution in [2.75, 3.05) is 6.54 Å². The number of para-hydroxylation sites is 1. The maximum atomic E-state index is 12.1. The second-order valence-electron chi connectivity index (χ2n) is 6.28. The van der Waals surface area contributed by atoms with Gasteiger partial charge in [-0.05, 0) is 63.4 Å². The van der Waals surface area contributed by atoms with Gasteiger partial charge in [-0.2, -0.15) is 0 Å². The van der Waals surface area contributed by atoms with Crippen molar-refractivity contribution in [1.29, 1.82) is 0 Å². The van der Waals surface area contributed by atoms with Crippen LogP contribution in [-0.4, -0.2) is 24.7 Å². The second kappa shape index (κ2) is 9.72. The Balaban J connectivity index is 1.71. The maximum Gasteiger partial charge on any atom is 0.260 e. The van der Waals surface area contributed by atoms with Crippen LogP contribution in [0.15, 0.2) is 54.6 Å². The van der Waals surface area contributed by atoms with E-state index in [-0.39, 0.29) is 12.0 Å². The molecule has 0 heterocycles. The molecule has 0 aromatic heterocycles. The first-order chi connectivity index (χ1) is 12.0. The van der Waals surface area contributed by atoms with Crippen LogP contribution in [0.1, 0.15) is 32.8 Å². The Morgan fingerprint density at radius 2 is 1.68 bits per heavy atom. The minimum absolute atomic E-state index is 0.0965. The molecule has 4 nitrogen and oxygen atoms in total. The summed E-state index contributed by atoms with van der Waals surface area (Å²) in [5.74, 6) is 1.49. The number of carbonyl (C=O) groups excluding carboxylic acids is 1. The van der Waals surface area contributed by atoms with Gasteiger partial charge < -0.3 is 14.8 Å². The minimum atomic E-state index is -0.509. The van der Waals surface area contributed by atoms with Gasteiger partial charge in [-0.25, -0.2) is 0 Å². The predicted molar refractivity (Wildman–Crippen MR) is 100 cm³/mol. The van der Waals surface area contributed by atoms with Gasteiger partial charge in [0.1, 0.15) is 11.5 Å². The Labute approximate surface area is 150 Å². The van der Waals surface area contributed by atoms with Crippen molar-refractivity contribution in [3.8, 4) is 11.5 Å². The number of amides is 1. The van der Waals surface area contributed by atoms with E-state index in [1.807, 2.05) is 56.3 Å². The summed E-state index contributed by atoms with van der Waals surface area (Å²) in [5.41, 5.74) is 1.21. The predicted octanol–water partition coefficient (Wildman–Crippen LogP) is 3.99. The largest absolute Gasteiger partial charge is 0.491 e. The number of hydrogen-bond donors (Lipinski definition) is 1. The summed E-state index contributed by atoms with van der Waals surface area (Å²) >= 11 is 0. The molecule has 0 bridgehead atoms. The molecule has 0 aliphatic rings. The van der Waals surface area contributed by atoms with Crippen LogP contribution in [0, 0.1) is 0 Å². The van der Waals surface area contributed by atoms with Gasteiger partial charge in [0.2, 0.25) is 0 Å². The van der Waals surface area contributed by atoms with Crippen molar-refractivity contribution < 1.29 is 14.3 Å². The lowest BCUT2D eigenvalue weighted by atomic mass is 10.1. The number of hydrogen-bond acceptors (Lipinski definition) is 3. The molecule has 134 valence electrons. The average Bonchev–Trinajstić information content (AvgIpc) is 2.59. The number of rotatable bonds is 9. The van der Waals surface area contributed by atoms with Gasteiger partial charge in [0.05, 0.1) is 6.10 Å². The fourth-order valence-electron chi connectivity index (χ4n) is 2.45. The van der Waals surface area contributed by atoms with Crippen LogP contribution < -0.4 is 14.8 Å². The molecule has 0 saturated heterocycles. The highest BCUT2D eigenvalue weighted by atomic mass is 16.5. The van der Waals surface area contributed by atoms with Gasteiger partial charge in [0.25, 0.3) is 5.91 Å². The first-order valence-electron chi connectivity index (χ1n) is 8.79. The van der Waals surface area contributed by atoms with Gasteiger partial charge in [-0.1, -0.05) is 30.3 Å². The molecule has 1 atom stereocenters. The summed E-state index contributed by atoms with van der Waals surface area (Å²) in [6.07, 6.45) is 1.42. The van der Waals surface area contributed by atoms with Gasteiger partial charge in [0, 0.05) is 6.54 Å². The Hall–Kier alpha value is -2.49. The summed E-state index contributed by atoms with van der Waals surface area (Å²) in [6, 6.07) is 17.5. The molecular weight excluding hydrogens is 314 g/mol. The van der Waals surface area contributed by atoms with Crippen molar-refractivity contribution in [3.63, 3.8) is 0 Å². The summed E-state index contributed by atoms with van der Waals surface area (Å²) < 4.78 is 11.3. The molecule has 25 heavy (non-hydrogen) atoms. The van der Waals surface area contributed by atoms with E-state index in [1.54, 1.807) is 6.92 Å². The molecule has 4 heteroatoms. The number of aryl methyl sites for hydroxylation is 1. The summed E-state index contributed by atoms with van der Waals surface area (Å²) in [5, 5.41) is 2.92. The molecule has 1 N–H and O–H groups in total. The number of ether oxygens (including phenoxy) is 2. The second-order valence-corrected chi connectivity index (χ2v) is 6.28. The SMILES string of the molecule is CC(C)Oc1cccc(CCCNC(=O)[C@@H](C)Oc2ccccc2)c1. The number of benzene rings is 2. The van der Waals surface area contributed by atoms with E-state index in [2.05, 4.69) is 17.4 Å². The highest BCUT2D eigenvalue weighted by Crippen LogP contribution is 2.16. The third kappa shape index (κ3) is 6.87. The molecule has 0 radical (unpaired) electrons. The first-order valence-corrected chi connectivity index (χ1v) is 8.79. The van der Waals surface area contributed by atoms with Gasteiger partial charge in [0.15, 0.2) is 6.10 Å². The van der Waals surface area contributed by atoms with Crippen molar-refractivity contribution >= 4 is 5.91 Å². The summed E-state index contributed by atoms with van der Waals surface area (Å²) in [7, 11) is 0. The third-order valence-electron chi connectivity index (χ3n) is 3.64. The molecule has 0 unspecified atom stereocenters. The van der Waals surface area contributed by atoms with Crippen molar-refractivity contribution in [1.82, 2.24) is 5.32 Å². The molecular formula is C21H27NO3. The van der Waals surface area contributed by atoms with E-state index >= 15 is 0 Å². The molecule has 2 aromatic rings. The number of carbonyl (C=O) groups is 1. The molecule has 0 aliphatic carbocycles. The van der Waals surface area contributed by atoms with E-state index in [1.165, 1.54) is 5.56 Å². The van der Waals surface area contributed by atoms with Crippen molar-refractivity contribution in [3.05, 3.63) is 60.2 Å². The molecule has 0 spiro atoms. The smallest absolute Gasteiger partial charge is 0.260 e. The van der Waals surface area contributed by atoms with Crippen molar-refractivity contribution in [2.45, 2.75) is 45.8 Å². The maximum absolute atomic E-state index is 12.1. The van der Waals surface area contributed by atoms with Crippen LogP contribution in [-0.2, 0) is 11.2 Å². The highest BCUT2D eigenvalue weighted by molar-refractivity contribution is 5.80. The van der Waals surface area contributed by atoms with Gasteiger partial charge >= 0.3 is 0 Å². The molecule has 0 fully saturated rings. The fraction of sp³-hybridized carbons (Fsp3) is 0.381. The van der Waals surface area contributed by atoms with E-state index < -0.39 is 6.10 Å². The van der Waals surface area contributed by atoms with Crippen LogP contribution in [0.2, 0.25) is 0 Å². The van der Waals surface area contributed by atoms with Gasteiger partial charge in [-0.3, -0.25) is 4.79 Å². The van der Waals surface area contributed by atoms with E-state index in [9.17, 15) is 4.79 Å². The first kappa shape index (κ1) is 18.8. The standard InChI is InChI=1S/C21H27NO3/c1-16(2)24-20-13-7-9-18(15-20)10-8-14-22-21(23)17(3)25-19-11-5-4-6-12-19/h4-7,9,11-13,15-17H,8,10,14H2,1-3H3,(H,22,23)/t17-/m1/s1. The number of nitrogens with one attached hydrogen (secondary N) is 1. The van der Waals surface area contributed by atoms with E-state index in [0.29, 0.717) is 12.3 Å². The Morgan fingerprint density at radius 3 is 2.40 bits per heavy atom. The zero-order valence-corrected chi connectivity index (χ0v) is 15.2. The minimum Gasteiger partial charge on any atom is -0.491 e. The zero-order chi connectivity index (χ0) is 18.1. The summed E-state index contributed by atoms with van der Waals surface area (Å²) in [6.45, 7) is 6.41. The fourth-order valence-corrected chi connectivity index (χ4v) is 2.45. The normalized spacial score (nSPS) is 11.8. The Kier molecular flexibility index (Phi) is 7.33. The average molecular weight is 341 g/mol. The third-order valence-corrected chi connectivity index (χ3v) is 3.64. The molecule has 2 rings (SSSR count). The van der Waals surface area contributed by atoms with Crippen LogP contribution in [0.3, 0.4) is 0 Å². The van der Waals surface area contributed by atoms with Crippen LogP contribution >= 0.6 is 0 Å². The van der Waals surface area contributed by atoms with E-state index in [0.717, 1.165) is 18.6 Å². The molecule has 1 amide bonds. The molecule has 0 aliphatic heterocycles. The van der Waals surface area contributed by atoms with E-state index in [4.69, 9.17) is 9.47 Å². The lowest BCUT2D eigenvalue weighted by Gasteiger charge is -2.14. The lowest BCUT2D eigenvalue weighted by Crippen LogP contribution is -2.36. The quantitative estimate of drug-likeness (QED) is 0.702. The highest BCUT2D eigenvalue weighted by Gasteiger charge is 2.13. The Morgan fingerprint density at radius 1 is 0.960 bits per heavy atom. The summed E-state index contributed by atoms with van der Waals surface area (Å²) in [4.78, 5) is 12.1. The van der Waals surface area contributed by atoms with Gasteiger partial charge in [-0.15, -0.1) is 0 Å². The monoisotopic (exact) mass is 341 g/mol. The zero-order valence-electron chi connectivity index (χ0n) is 15.2. The molecule has 2 aromatic carbocycles. The van der Waals surface area contributed by atoms with Crippen LogP contribution in [0.4, 0.5) is 0 Å². The van der Waals surface area contributed by atoms with Crippen molar-refractivity contribution in [2.24, 2.45) is 0 Å². The lowest BCUT2D eigenvalue weighted by molar-refractivity contribution is -0.127. The van der Waals surface area contributed by atoms with Crippen LogP contribution in [0.5, 0.6) is 11.5 Å².